The summed E-state index contributed by atoms with van der Waals surface area (Å²) in [5.74, 6) is 0.385. The SMILES string of the molecule is C=C1CC(C)C[C@@H]2CC=CC(C/C=C\C(=O)OC(C(O)/C=C/C3CCCCC3)C[C@@H]3OC3[C@@H](O)C1)O2. The molecule has 8 atom stereocenters. The molecule has 2 N–H and O–H groups in total. The minimum atomic E-state index is -0.918. The molecule has 6 nitrogen and oxygen atoms in total. The van der Waals surface area contributed by atoms with Crippen LogP contribution in [0.4, 0.5) is 0 Å². The molecule has 0 aromatic carbocycles. The lowest BCUT2D eigenvalue weighted by molar-refractivity contribution is -0.148. The molecule has 4 rings (SSSR count). The Morgan fingerprint density at radius 1 is 1.08 bits per heavy atom. The topological polar surface area (TPSA) is 88.5 Å². The zero-order valence-corrected chi connectivity index (χ0v) is 21.7. The van der Waals surface area contributed by atoms with E-state index in [4.69, 9.17) is 14.2 Å². The Labute approximate surface area is 216 Å². The van der Waals surface area contributed by atoms with Crippen molar-refractivity contribution in [3.05, 3.63) is 48.6 Å². The van der Waals surface area contributed by atoms with Crippen LogP contribution in [0.2, 0.25) is 0 Å². The summed E-state index contributed by atoms with van der Waals surface area (Å²) >= 11 is 0. The summed E-state index contributed by atoms with van der Waals surface area (Å²) < 4.78 is 17.7. The Bertz CT molecular complexity index is 825. The van der Waals surface area contributed by atoms with Crippen molar-refractivity contribution in [3.8, 4) is 0 Å². The van der Waals surface area contributed by atoms with Gasteiger partial charge < -0.3 is 24.4 Å². The van der Waals surface area contributed by atoms with Gasteiger partial charge in [0.05, 0.1) is 24.4 Å². The summed E-state index contributed by atoms with van der Waals surface area (Å²) in [4.78, 5) is 12.6. The third-order valence-electron chi connectivity index (χ3n) is 7.88. The third-order valence-corrected chi connectivity index (χ3v) is 7.88. The van der Waals surface area contributed by atoms with Crippen molar-refractivity contribution < 1.29 is 29.2 Å². The molecule has 1 saturated carbocycles. The average molecular weight is 501 g/mol. The lowest BCUT2D eigenvalue weighted by atomic mass is 9.88. The van der Waals surface area contributed by atoms with E-state index >= 15 is 0 Å². The Morgan fingerprint density at radius 2 is 1.89 bits per heavy atom. The maximum Gasteiger partial charge on any atom is 0.330 e. The van der Waals surface area contributed by atoms with Crippen molar-refractivity contribution in [2.24, 2.45) is 11.8 Å². The molecule has 0 aromatic rings. The molecule has 0 radical (unpaired) electrons. The number of ether oxygens (including phenoxy) is 3. The standard InChI is InChI=1S/C30H44O6/c1-20-16-21(2)18-26(32)30-28(36-30)19-27(25(31)15-14-22-8-4-3-5-9-22)35-29(33)13-7-11-23-10-6-12-24(17-20)34-23/h6-7,10,13-15,20,22-28,30-32H,2-5,8-9,11-12,16-19H2,1H3/b13-7-,15-14+/t20?,23?,24-,25?,26-,27?,28-,30?/m0/s1. The lowest BCUT2D eigenvalue weighted by Gasteiger charge is -2.28. The van der Waals surface area contributed by atoms with Gasteiger partial charge >= 0.3 is 5.97 Å². The van der Waals surface area contributed by atoms with Gasteiger partial charge in [0.15, 0.2) is 0 Å². The molecule has 0 spiro atoms. The molecule has 200 valence electrons. The minimum absolute atomic E-state index is 0.0654. The van der Waals surface area contributed by atoms with Crippen molar-refractivity contribution in [2.75, 3.05) is 0 Å². The Balaban J connectivity index is 1.44. The van der Waals surface area contributed by atoms with Crippen molar-refractivity contribution >= 4 is 5.97 Å². The molecular weight excluding hydrogens is 456 g/mol. The number of allylic oxidation sites excluding steroid dienone is 1. The third kappa shape index (κ3) is 8.41. The number of aliphatic hydroxyl groups excluding tert-OH is 2. The van der Waals surface area contributed by atoms with E-state index in [1.165, 1.54) is 25.3 Å². The number of carbonyl (C=O) groups is 1. The predicted molar refractivity (Wildman–Crippen MR) is 139 cm³/mol. The monoisotopic (exact) mass is 500 g/mol. The van der Waals surface area contributed by atoms with Crippen LogP contribution in [-0.2, 0) is 19.0 Å². The lowest BCUT2D eigenvalue weighted by Crippen LogP contribution is -2.32. The fraction of sp³-hybridized carbons (Fsp3) is 0.700. The molecule has 3 aliphatic heterocycles. The number of carbonyl (C=O) groups excluding carboxylic acids is 1. The summed E-state index contributed by atoms with van der Waals surface area (Å²) in [6.45, 7) is 6.40. The number of epoxide rings is 1. The number of fused-ring (bicyclic) bond motifs is 3. The summed E-state index contributed by atoms with van der Waals surface area (Å²) in [5, 5.41) is 21.7. The highest BCUT2D eigenvalue weighted by atomic mass is 16.6. The molecule has 2 fully saturated rings. The Morgan fingerprint density at radius 3 is 2.69 bits per heavy atom. The number of esters is 1. The molecule has 1 saturated heterocycles. The van der Waals surface area contributed by atoms with Crippen molar-refractivity contribution in [1.29, 1.82) is 0 Å². The summed E-state index contributed by atoms with van der Waals surface area (Å²) in [6.07, 6.45) is 18.5. The molecule has 6 heteroatoms. The van der Waals surface area contributed by atoms with Crippen LogP contribution < -0.4 is 0 Å². The summed E-state index contributed by atoms with van der Waals surface area (Å²) in [5.41, 5.74) is 1.01. The number of aliphatic hydroxyl groups is 2. The Hall–Kier alpha value is -1.73. The second kappa shape index (κ2) is 13.2. The second-order valence-corrected chi connectivity index (χ2v) is 11.3. The molecular formula is C30H44O6. The van der Waals surface area contributed by atoms with E-state index in [0.717, 1.165) is 37.7 Å². The van der Waals surface area contributed by atoms with Crippen LogP contribution in [0.5, 0.6) is 0 Å². The zero-order chi connectivity index (χ0) is 25.5. The quantitative estimate of drug-likeness (QED) is 0.324. The van der Waals surface area contributed by atoms with Crippen LogP contribution >= 0.6 is 0 Å². The molecule has 0 amide bonds. The molecule has 0 aromatic heterocycles. The summed E-state index contributed by atoms with van der Waals surface area (Å²) in [7, 11) is 0. The van der Waals surface area contributed by atoms with E-state index in [-0.39, 0.29) is 24.4 Å². The van der Waals surface area contributed by atoms with Crippen molar-refractivity contribution in [2.45, 2.75) is 120 Å². The van der Waals surface area contributed by atoms with Crippen LogP contribution in [0.1, 0.15) is 77.6 Å². The van der Waals surface area contributed by atoms with E-state index in [2.05, 4.69) is 31.7 Å². The smallest absolute Gasteiger partial charge is 0.330 e. The summed E-state index contributed by atoms with van der Waals surface area (Å²) in [6, 6.07) is 0. The van der Waals surface area contributed by atoms with Crippen LogP contribution in [0.25, 0.3) is 0 Å². The molecule has 4 aliphatic rings. The average Bonchev–Trinajstić information content (AvgIpc) is 3.62. The molecule has 3 heterocycles. The molecule has 1 aliphatic carbocycles. The van der Waals surface area contributed by atoms with Gasteiger partial charge in [-0.1, -0.05) is 68.7 Å². The predicted octanol–water partition coefficient (Wildman–Crippen LogP) is 4.95. The van der Waals surface area contributed by atoms with E-state index < -0.39 is 24.3 Å². The van der Waals surface area contributed by atoms with Gasteiger partial charge in [-0.2, -0.15) is 0 Å². The molecule has 5 unspecified atom stereocenters. The van der Waals surface area contributed by atoms with Gasteiger partial charge in [0.2, 0.25) is 0 Å². The number of cyclic esters (lactones) is 1. The zero-order valence-electron chi connectivity index (χ0n) is 21.7. The van der Waals surface area contributed by atoms with E-state index in [9.17, 15) is 15.0 Å². The van der Waals surface area contributed by atoms with Gasteiger partial charge in [-0.05, 0) is 56.8 Å². The fourth-order valence-corrected chi connectivity index (χ4v) is 5.92. The highest BCUT2D eigenvalue weighted by molar-refractivity contribution is 5.82. The second-order valence-electron chi connectivity index (χ2n) is 11.3. The van der Waals surface area contributed by atoms with Gasteiger partial charge in [-0.25, -0.2) is 4.79 Å². The first-order chi connectivity index (χ1) is 17.4. The maximum absolute atomic E-state index is 12.6. The van der Waals surface area contributed by atoms with Crippen LogP contribution in [0.15, 0.2) is 48.6 Å². The van der Waals surface area contributed by atoms with Crippen molar-refractivity contribution in [1.82, 2.24) is 0 Å². The van der Waals surface area contributed by atoms with E-state index in [1.807, 2.05) is 0 Å². The van der Waals surface area contributed by atoms with Gasteiger partial charge in [0.1, 0.15) is 18.3 Å². The first-order valence-electron chi connectivity index (χ1n) is 13.9. The van der Waals surface area contributed by atoms with Gasteiger partial charge in [0.25, 0.3) is 0 Å². The van der Waals surface area contributed by atoms with Gasteiger partial charge in [-0.15, -0.1) is 0 Å². The normalized spacial score (nSPS) is 39.0. The molecule has 36 heavy (non-hydrogen) atoms. The van der Waals surface area contributed by atoms with E-state index in [0.29, 0.717) is 31.1 Å². The van der Waals surface area contributed by atoms with E-state index in [1.54, 1.807) is 12.2 Å². The Kier molecular flexibility index (Phi) is 10.00. The van der Waals surface area contributed by atoms with Gasteiger partial charge in [-0.3, -0.25) is 0 Å². The first-order valence-corrected chi connectivity index (χ1v) is 13.9. The highest BCUT2D eigenvalue weighted by Crippen LogP contribution is 2.35. The molecule has 2 bridgehead atoms. The highest BCUT2D eigenvalue weighted by Gasteiger charge is 2.46. The minimum Gasteiger partial charge on any atom is -0.456 e. The number of rotatable bonds is 3. The van der Waals surface area contributed by atoms with Crippen molar-refractivity contribution in [3.63, 3.8) is 0 Å². The van der Waals surface area contributed by atoms with Gasteiger partial charge in [0, 0.05) is 12.5 Å². The fourth-order valence-electron chi connectivity index (χ4n) is 5.92. The van der Waals surface area contributed by atoms with Crippen LogP contribution in [-0.4, -0.2) is 58.9 Å². The number of hydrogen-bond donors (Lipinski definition) is 2. The van der Waals surface area contributed by atoms with Crippen LogP contribution in [0, 0.1) is 11.8 Å². The largest absolute Gasteiger partial charge is 0.456 e. The number of hydrogen-bond acceptors (Lipinski definition) is 6. The first kappa shape index (κ1) is 27.3. The maximum atomic E-state index is 12.6. The van der Waals surface area contributed by atoms with Crippen LogP contribution in [0.3, 0.4) is 0 Å².